The second kappa shape index (κ2) is 7.93. The second-order valence-electron chi connectivity index (χ2n) is 4.80. The van der Waals surface area contributed by atoms with Crippen LogP contribution in [-0.4, -0.2) is 13.2 Å². The van der Waals surface area contributed by atoms with Crippen molar-refractivity contribution in [3.8, 4) is 0 Å². The molecule has 1 nitrogen and oxygen atoms in total. The number of rotatable bonds is 7. The molecule has 0 N–H and O–H groups in total. The summed E-state index contributed by atoms with van der Waals surface area (Å²) in [5.41, 5.74) is 2.62. The average Bonchev–Trinajstić information content (AvgIpc) is 2.48. The Kier molecular flexibility index (Phi) is 5.90. The molecule has 2 heteroatoms. The molecule has 104 valence electrons. The Morgan fingerprint density at radius 1 is 1.05 bits per heavy atom. The van der Waals surface area contributed by atoms with Crippen molar-refractivity contribution in [2.24, 2.45) is 0 Å². The molecule has 1 unspecified atom stereocenters. The third-order valence-corrected chi connectivity index (χ3v) is 3.54. The first kappa shape index (κ1) is 14.9. The minimum atomic E-state index is 0.353. The number of thiol groups is 1. The maximum absolute atomic E-state index is 5.66. The van der Waals surface area contributed by atoms with Crippen molar-refractivity contribution in [3.63, 3.8) is 0 Å². The fourth-order valence-corrected chi connectivity index (χ4v) is 2.36. The lowest BCUT2D eigenvalue weighted by Crippen LogP contribution is -2.11. The number of benzene rings is 2. The third-order valence-electron chi connectivity index (χ3n) is 3.24. The molecule has 0 heterocycles. The molecule has 0 spiro atoms. The molecule has 2 aromatic carbocycles. The molecule has 0 saturated carbocycles. The van der Waals surface area contributed by atoms with Gasteiger partial charge in [0, 0.05) is 10.8 Å². The minimum absolute atomic E-state index is 0.353. The standard InChI is InChI=1S/C18H20OS/c1-2-12-19-14-17(13-15-6-4-3-5-7-15)16-8-10-18(20)11-9-16/h2-11,17,20H,1,12-14H2. The Bertz CT molecular complexity index is 519. The topological polar surface area (TPSA) is 9.23 Å². The van der Waals surface area contributed by atoms with Gasteiger partial charge in [-0.2, -0.15) is 0 Å². The Morgan fingerprint density at radius 3 is 2.40 bits per heavy atom. The van der Waals surface area contributed by atoms with Crippen LogP contribution in [0.15, 0.2) is 72.1 Å². The van der Waals surface area contributed by atoms with E-state index in [9.17, 15) is 0 Å². The van der Waals surface area contributed by atoms with E-state index in [1.807, 2.05) is 18.2 Å². The van der Waals surface area contributed by atoms with Crippen LogP contribution in [0.5, 0.6) is 0 Å². The van der Waals surface area contributed by atoms with Gasteiger partial charge in [-0.05, 0) is 29.7 Å². The summed E-state index contributed by atoms with van der Waals surface area (Å²) in [6, 6.07) is 18.8. The van der Waals surface area contributed by atoms with Gasteiger partial charge < -0.3 is 4.74 Å². The van der Waals surface area contributed by atoms with E-state index >= 15 is 0 Å². The Balaban J connectivity index is 2.11. The highest BCUT2D eigenvalue weighted by molar-refractivity contribution is 7.80. The lowest BCUT2D eigenvalue weighted by molar-refractivity contribution is 0.146. The van der Waals surface area contributed by atoms with E-state index in [1.54, 1.807) is 6.08 Å². The van der Waals surface area contributed by atoms with E-state index in [2.05, 4.69) is 55.6 Å². The summed E-state index contributed by atoms with van der Waals surface area (Å²) in [5.74, 6) is 0.353. The lowest BCUT2D eigenvalue weighted by Gasteiger charge is -2.17. The summed E-state index contributed by atoms with van der Waals surface area (Å²) < 4.78 is 5.66. The van der Waals surface area contributed by atoms with Gasteiger partial charge >= 0.3 is 0 Å². The van der Waals surface area contributed by atoms with E-state index < -0.39 is 0 Å². The van der Waals surface area contributed by atoms with Crippen LogP contribution in [-0.2, 0) is 11.2 Å². The summed E-state index contributed by atoms with van der Waals surface area (Å²) in [6.07, 6.45) is 2.76. The summed E-state index contributed by atoms with van der Waals surface area (Å²) in [5, 5.41) is 0. The molecule has 0 aliphatic rings. The van der Waals surface area contributed by atoms with Crippen molar-refractivity contribution >= 4 is 12.6 Å². The summed E-state index contributed by atoms with van der Waals surface area (Å²) in [6.45, 7) is 4.99. The van der Waals surface area contributed by atoms with E-state index in [0.29, 0.717) is 19.1 Å². The van der Waals surface area contributed by atoms with Gasteiger partial charge in [-0.1, -0.05) is 48.5 Å². The fraction of sp³-hybridized carbons (Fsp3) is 0.222. The molecular weight excluding hydrogens is 264 g/mol. The van der Waals surface area contributed by atoms with Crippen LogP contribution in [0.25, 0.3) is 0 Å². The van der Waals surface area contributed by atoms with Crippen LogP contribution in [0.2, 0.25) is 0 Å². The van der Waals surface area contributed by atoms with Gasteiger partial charge in [0.25, 0.3) is 0 Å². The minimum Gasteiger partial charge on any atom is -0.377 e. The van der Waals surface area contributed by atoms with Crippen LogP contribution in [0.1, 0.15) is 17.0 Å². The maximum atomic E-state index is 5.66. The predicted molar refractivity (Wildman–Crippen MR) is 87.6 cm³/mol. The van der Waals surface area contributed by atoms with Crippen molar-refractivity contribution in [2.45, 2.75) is 17.2 Å². The molecule has 0 fully saturated rings. The monoisotopic (exact) mass is 284 g/mol. The molecular formula is C18H20OS. The SMILES string of the molecule is C=CCOCC(Cc1ccccc1)c1ccc(S)cc1. The van der Waals surface area contributed by atoms with Gasteiger partial charge in [-0.25, -0.2) is 0 Å². The fourth-order valence-electron chi connectivity index (χ4n) is 2.21. The Morgan fingerprint density at radius 2 is 1.75 bits per heavy atom. The first-order valence-corrected chi connectivity index (χ1v) is 7.26. The van der Waals surface area contributed by atoms with Crippen LogP contribution in [0.4, 0.5) is 0 Å². The number of ether oxygens (including phenoxy) is 1. The van der Waals surface area contributed by atoms with Crippen molar-refractivity contribution < 1.29 is 4.74 Å². The van der Waals surface area contributed by atoms with E-state index in [1.165, 1.54) is 11.1 Å². The second-order valence-corrected chi connectivity index (χ2v) is 5.32. The molecule has 0 aliphatic heterocycles. The highest BCUT2D eigenvalue weighted by atomic mass is 32.1. The molecule has 0 radical (unpaired) electrons. The molecule has 0 saturated heterocycles. The first-order chi connectivity index (χ1) is 9.79. The Labute approximate surface area is 126 Å². The zero-order chi connectivity index (χ0) is 14.2. The van der Waals surface area contributed by atoms with Crippen LogP contribution in [0, 0.1) is 0 Å². The van der Waals surface area contributed by atoms with E-state index in [0.717, 1.165) is 11.3 Å². The lowest BCUT2D eigenvalue weighted by atomic mass is 9.93. The normalized spacial score (nSPS) is 12.1. The van der Waals surface area contributed by atoms with E-state index in [-0.39, 0.29) is 0 Å². The number of hydrogen-bond donors (Lipinski definition) is 1. The maximum Gasteiger partial charge on any atom is 0.0645 e. The predicted octanol–water partition coefficient (Wildman–Crippen LogP) is 4.50. The molecule has 0 aromatic heterocycles. The van der Waals surface area contributed by atoms with Crippen LogP contribution >= 0.6 is 12.6 Å². The highest BCUT2D eigenvalue weighted by Crippen LogP contribution is 2.22. The molecule has 2 rings (SSSR count). The van der Waals surface area contributed by atoms with Crippen molar-refractivity contribution in [1.82, 2.24) is 0 Å². The summed E-state index contributed by atoms with van der Waals surface area (Å²) in [7, 11) is 0. The largest absolute Gasteiger partial charge is 0.377 e. The molecule has 1 atom stereocenters. The summed E-state index contributed by atoms with van der Waals surface area (Å²) >= 11 is 4.34. The van der Waals surface area contributed by atoms with Gasteiger partial charge in [0.2, 0.25) is 0 Å². The van der Waals surface area contributed by atoms with Crippen molar-refractivity contribution in [1.29, 1.82) is 0 Å². The van der Waals surface area contributed by atoms with Crippen LogP contribution in [0.3, 0.4) is 0 Å². The van der Waals surface area contributed by atoms with Gasteiger partial charge in [-0.3, -0.25) is 0 Å². The molecule has 0 aliphatic carbocycles. The van der Waals surface area contributed by atoms with E-state index in [4.69, 9.17) is 4.74 Å². The molecule has 0 amide bonds. The molecule has 2 aromatic rings. The molecule has 0 bridgehead atoms. The quantitative estimate of drug-likeness (QED) is 0.447. The van der Waals surface area contributed by atoms with Crippen molar-refractivity contribution in [2.75, 3.05) is 13.2 Å². The summed E-state index contributed by atoms with van der Waals surface area (Å²) in [4.78, 5) is 0.985. The zero-order valence-electron chi connectivity index (χ0n) is 11.5. The average molecular weight is 284 g/mol. The Hall–Kier alpha value is -1.51. The van der Waals surface area contributed by atoms with Crippen molar-refractivity contribution in [3.05, 3.63) is 78.4 Å². The van der Waals surface area contributed by atoms with Gasteiger partial charge in [-0.15, -0.1) is 19.2 Å². The van der Waals surface area contributed by atoms with Crippen LogP contribution < -0.4 is 0 Å². The molecule has 20 heavy (non-hydrogen) atoms. The van der Waals surface area contributed by atoms with Gasteiger partial charge in [0.15, 0.2) is 0 Å². The highest BCUT2D eigenvalue weighted by Gasteiger charge is 2.12. The zero-order valence-corrected chi connectivity index (χ0v) is 12.4. The smallest absolute Gasteiger partial charge is 0.0645 e. The van der Waals surface area contributed by atoms with Gasteiger partial charge in [0.1, 0.15) is 0 Å². The third kappa shape index (κ3) is 4.55. The van der Waals surface area contributed by atoms with Gasteiger partial charge in [0.05, 0.1) is 13.2 Å². The number of hydrogen-bond acceptors (Lipinski definition) is 2. The first-order valence-electron chi connectivity index (χ1n) is 6.81.